The van der Waals surface area contributed by atoms with Gasteiger partial charge in [-0.25, -0.2) is 4.98 Å². The van der Waals surface area contributed by atoms with E-state index in [1.165, 1.54) is 16.8 Å². The molecular formula is C20H15N5O5S. The third-order valence-electron chi connectivity index (χ3n) is 4.86. The van der Waals surface area contributed by atoms with Gasteiger partial charge in [0.05, 0.1) is 17.6 Å². The van der Waals surface area contributed by atoms with Crippen molar-refractivity contribution in [3.8, 4) is 5.75 Å². The number of nitrogens with zero attached hydrogens (tertiary/aromatic N) is 4. The fourth-order valence-electron chi connectivity index (χ4n) is 3.50. The summed E-state index contributed by atoms with van der Waals surface area (Å²) >= 11 is 0. The number of nitrogens with one attached hydrogen (secondary N) is 1. The first kappa shape index (κ1) is 19.0. The molecule has 3 aromatic heterocycles. The molecular weight excluding hydrogens is 422 g/mol. The van der Waals surface area contributed by atoms with Crippen LogP contribution in [0.5, 0.6) is 5.75 Å². The molecule has 4 aromatic rings. The second-order valence-corrected chi connectivity index (χ2v) is 8.53. The number of aryl methyl sites for hydroxylation is 1. The molecule has 4 heterocycles. The van der Waals surface area contributed by atoms with E-state index in [1.807, 2.05) is 0 Å². The first-order chi connectivity index (χ1) is 14.8. The Morgan fingerprint density at radius 1 is 1.19 bits per heavy atom. The smallest absolute Gasteiger partial charge is 0.286 e. The molecule has 1 aromatic carbocycles. The van der Waals surface area contributed by atoms with Crippen molar-refractivity contribution >= 4 is 32.6 Å². The quantitative estimate of drug-likeness (QED) is 0.496. The topological polar surface area (TPSA) is 140 Å². The Balaban J connectivity index is 1.77. The van der Waals surface area contributed by atoms with E-state index in [2.05, 4.69) is 19.9 Å². The van der Waals surface area contributed by atoms with Gasteiger partial charge in [-0.1, -0.05) is 17.3 Å². The summed E-state index contributed by atoms with van der Waals surface area (Å²) in [6.45, 7) is 1.73. The Labute approximate surface area is 175 Å². The number of benzene rings is 1. The van der Waals surface area contributed by atoms with E-state index in [1.54, 1.807) is 43.3 Å². The van der Waals surface area contributed by atoms with Gasteiger partial charge in [-0.2, -0.15) is 8.42 Å². The summed E-state index contributed by atoms with van der Waals surface area (Å²) < 4.78 is 35.5. The van der Waals surface area contributed by atoms with Crippen molar-refractivity contribution in [2.45, 2.75) is 18.4 Å². The van der Waals surface area contributed by atoms with Crippen molar-refractivity contribution in [1.29, 1.82) is 0 Å². The van der Waals surface area contributed by atoms with Gasteiger partial charge < -0.3 is 14.9 Å². The van der Waals surface area contributed by atoms with E-state index in [4.69, 9.17) is 4.52 Å². The maximum atomic E-state index is 13.4. The minimum atomic E-state index is -4.07. The van der Waals surface area contributed by atoms with E-state index in [0.717, 1.165) is 0 Å². The lowest BCUT2D eigenvalue weighted by Crippen LogP contribution is -2.33. The summed E-state index contributed by atoms with van der Waals surface area (Å²) in [7, 11) is -4.07. The van der Waals surface area contributed by atoms with E-state index in [9.17, 15) is 18.3 Å². The number of aromatic nitrogens is 3. The van der Waals surface area contributed by atoms with Crippen molar-refractivity contribution in [3.05, 3.63) is 76.0 Å². The lowest BCUT2D eigenvalue weighted by atomic mass is 10.1. The largest absolute Gasteiger partial charge is 0.506 e. The Hall–Kier alpha value is -3.99. The maximum absolute atomic E-state index is 13.4. The van der Waals surface area contributed by atoms with E-state index in [0.29, 0.717) is 11.5 Å². The summed E-state index contributed by atoms with van der Waals surface area (Å²) in [6.07, 6.45) is 1.49. The second kappa shape index (κ2) is 6.77. The molecule has 0 bridgehead atoms. The maximum Gasteiger partial charge on any atom is 0.286 e. The monoisotopic (exact) mass is 437 g/mol. The van der Waals surface area contributed by atoms with E-state index in [-0.39, 0.29) is 39.6 Å². The average Bonchev–Trinajstić information content (AvgIpc) is 3.16. The van der Waals surface area contributed by atoms with Crippen LogP contribution in [-0.2, 0) is 16.6 Å². The van der Waals surface area contributed by atoms with Crippen LogP contribution >= 0.6 is 0 Å². The molecule has 0 spiro atoms. The first-order valence-electron chi connectivity index (χ1n) is 9.19. The molecule has 5 rings (SSSR count). The molecule has 0 fully saturated rings. The van der Waals surface area contributed by atoms with Crippen LogP contribution in [0, 0.1) is 6.92 Å². The predicted octanol–water partition coefficient (Wildman–Crippen LogP) is 2.01. The number of hydrogen-bond acceptors (Lipinski definition) is 8. The number of fused-ring (bicyclic) bond motifs is 2. The second-order valence-electron chi connectivity index (χ2n) is 6.95. The minimum Gasteiger partial charge on any atom is -0.506 e. The molecule has 156 valence electrons. The molecule has 0 radical (unpaired) electrons. The fourth-order valence-corrected chi connectivity index (χ4v) is 4.62. The fraction of sp³-hybridized carbons (Fsp3) is 0.100. The van der Waals surface area contributed by atoms with Crippen LogP contribution in [0.3, 0.4) is 0 Å². The molecule has 0 aliphatic carbocycles. The highest BCUT2D eigenvalue weighted by molar-refractivity contribution is 7.90. The van der Waals surface area contributed by atoms with E-state index >= 15 is 0 Å². The van der Waals surface area contributed by atoms with Gasteiger partial charge in [0.15, 0.2) is 5.84 Å². The molecule has 1 aliphatic heterocycles. The number of pyridine rings is 2. The van der Waals surface area contributed by atoms with Gasteiger partial charge in [0.1, 0.15) is 33.3 Å². The van der Waals surface area contributed by atoms with Crippen LogP contribution in [0.15, 0.2) is 67.3 Å². The highest BCUT2D eigenvalue weighted by Gasteiger charge is 2.30. The van der Waals surface area contributed by atoms with Gasteiger partial charge in [-0.3, -0.25) is 9.36 Å². The van der Waals surface area contributed by atoms with Crippen molar-refractivity contribution in [1.82, 2.24) is 14.7 Å². The Morgan fingerprint density at radius 2 is 2.00 bits per heavy atom. The Kier molecular flexibility index (Phi) is 4.15. The number of aromatic hydroxyl groups is 1. The van der Waals surface area contributed by atoms with Gasteiger partial charge in [0.2, 0.25) is 0 Å². The van der Waals surface area contributed by atoms with Gasteiger partial charge in [0, 0.05) is 12.3 Å². The number of anilines is 1. The zero-order valence-corrected chi connectivity index (χ0v) is 16.9. The zero-order valence-electron chi connectivity index (χ0n) is 16.1. The molecule has 0 atom stereocenters. The number of hydrogen-bond donors (Lipinski definition) is 2. The lowest BCUT2D eigenvalue weighted by molar-refractivity contribution is 0.389. The van der Waals surface area contributed by atoms with Crippen LogP contribution < -0.4 is 10.9 Å². The van der Waals surface area contributed by atoms with Crippen molar-refractivity contribution in [2.75, 3.05) is 5.32 Å². The summed E-state index contributed by atoms with van der Waals surface area (Å²) in [6, 6.07) is 11.0. The Bertz CT molecular complexity index is 1550. The standard InChI is InChI=1S/C20H15N5O5S/c1-11-9-12(23-30-11)10-25-19-13(5-4-8-21-19)17(26)16(20(25)27)18-22-14-6-2-3-7-15(14)31(28,29)24-18/h2-9,26H,10H2,1H3,(H,22,24). The highest BCUT2D eigenvalue weighted by atomic mass is 32.2. The van der Waals surface area contributed by atoms with Crippen LogP contribution in [0.1, 0.15) is 17.0 Å². The number of sulfonamides is 1. The number of para-hydroxylation sites is 1. The van der Waals surface area contributed by atoms with Crippen molar-refractivity contribution in [3.63, 3.8) is 0 Å². The van der Waals surface area contributed by atoms with Crippen LogP contribution in [0.2, 0.25) is 0 Å². The Morgan fingerprint density at radius 3 is 2.77 bits per heavy atom. The van der Waals surface area contributed by atoms with Gasteiger partial charge in [-0.05, 0) is 31.2 Å². The molecule has 0 amide bonds. The summed E-state index contributed by atoms with van der Waals surface area (Å²) in [5.74, 6) is -0.112. The predicted molar refractivity (Wildman–Crippen MR) is 112 cm³/mol. The molecule has 10 nitrogen and oxygen atoms in total. The molecule has 31 heavy (non-hydrogen) atoms. The summed E-state index contributed by atoms with van der Waals surface area (Å²) in [4.78, 5) is 17.6. The van der Waals surface area contributed by atoms with Gasteiger partial charge in [0.25, 0.3) is 15.6 Å². The third-order valence-corrected chi connectivity index (χ3v) is 6.19. The summed E-state index contributed by atoms with van der Waals surface area (Å²) in [5, 5.41) is 17.9. The van der Waals surface area contributed by atoms with Gasteiger partial charge in [-0.15, -0.1) is 4.40 Å². The zero-order chi connectivity index (χ0) is 21.8. The van der Waals surface area contributed by atoms with Crippen molar-refractivity contribution in [2.24, 2.45) is 4.40 Å². The van der Waals surface area contributed by atoms with Gasteiger partial charge >= 0.3 is 0 Å². The molecule has 0 saturated carbocycles. The molecule has 11 heteroatoms. The molecule has 1 aliphatic rings. The molecule has 0 unspecified atom stereocenters. The minimum absolute atomic E-state index is 0.00752. The van der Waals surface area contributed by atoms with Crippen LogP contribution in [-0.4, -0.2) is 34.1 Å². The highest BCUT2D eigenvalue weighted by Crippen LogP contribution is 2.31. The van der Waals surface area contributed by atoms with Crippen LogP contribution in [0.25, 0.3) is 11.0 Å². The SMILES string of the molecule is Cc1cc(Cn2c(=O)c(C3=NS(=O)(=O)c4ccccc4N3)c(O)c3cccnc32)no1. The normalized spacial score (nSPS) is 14.7. The number of amidine groups is 1. The third kappa shape index (κ3) is 3.06. The van der Waals surface area contributed by atoms with Crippen molar-refractivity contribution < 1.29 is 18.0 Å². The average molecular weight is 437 g/mol. The molecule has 0 saturated heterocycles. The first-order valence-corrected chi connectivity index (χ1v) is 10.6. The lowest BCUT2D eigenvalue weighted by Gasteiger charge is -2.20. The van der Waals surface area contributed by atoms with Crippen LogP contribution in [0.4, 0.5) is 5.69 Å². The summed E-state index contributed by atoms with van der Waals surface area (Å²) in [5.41, 5.74) is -0.00555. The van der Waals surface area contributed by atoms with E-state index < -0.39 is 21.3 Å². The number of rotatable bonds is 3. The molecule has 2 N–H and O–H groups in total.